The van der Waals surface area contributed by atoms with E-state index in [0.717, 1.165) is 24.9 Å². The fourth-order valence-corrected chi connectivity index (χ4v) is 4.12. The fraction of sp³-hybridized carbons (Fsp3) is 0.160. The molecule has 1 aromatic heterocycles. The van der Waals surface area contributed by atoms with Gasteiger partial charge in [-0.15, -0.1) is 0 Å². The van der Waals surface area contributed by atoms with Crippen LogP contribution in [0.4, 0.5) is 4.39 Å². The van der Waals surface area contributed by atoms with Crippen molar-refractivity contribution in [1.82, 2.24) is 20.3 Å². The summed E-state index contributed by atoms with van der Waals surface area (Å²) in [6.45, 7) is -0.134. The highest BCUT2D eigenvalue weighted by molar-refractivity contribution is 7.90. The molecule has 0 aliphatic carbocycles. The molecule has 0 atom stereocenters. The minimum atomic E-state index is -4.35. The van der Waals surface area contributed by atoms with Crippen molar-refractivity contribution in [3.63, 3.8) is 0 Å². The van der Waals surface area contributed by atoms with Gasteiger partial charge in [-0.1, -0.05) is 18.2 Å². The molecule has 3 amide bonds. The number of carbonyl (C=O) groups is 4. The van der Waals surface area contributed by atoms with Gasteiger partial charge in [0.05, 0.1) is 17.6 Å². The van der Waals surface area contributed by atoms with Gasteiger partial charge in [0.15, 0.2) is 0 Å². The zero-order valence-corrected chi connectivity index (χ0v) is 20.9. The molecule has 3 aromatic rings. The van der Waals surface area contributed by atoms with Gasteiger partial charge in [0, 0.05) is 18.3 Å². The molecule has 38 heavy (non-hydrogen) atoms. The largest absolute Gasteiger partial charge is 0.468 e. The number of nitrogens with zero attached hydrogens (tertiary/aromatic N) is 1. The molecule has 0 aliphatic heterocycles. The lowest BCUT2D eigenvalue weighted by atomic mass is 10.1. The van der Waals surface area contributed by atoms with E-state index in [4.69, 9.17) is 0 Å². The van der Waals surface area contributed by atoms with E-state index in [-0.39, 0.29) is 40.6 Å². The Morgan fingerprint density at radius 3 is 2.29 bits per heavy atom. The summed E-state index contributed by atoms with van der Waals surface area (Å²) < 4.78 is 44.8. The van der Waals surface area contributed by atoms with Crippen molar-refractivity contribution < 1.29 is 36.7 Å². The number of hydrogen-bond donors (Lipinski definition) is 3. The molecule has 198 valence electrons. The molecular weight excluding hydrogens is 519 g/mol. The summed E-state index contributed by atoms with van der Waals surface area (Å²) in [5.74, 6) is -3.25. The van der Waals surface area contributed by atoms with Gasteiger partial charge in [-0.3, -0.25) is 24.2 Å². The number of amides is 3. The van der Waals surface area contributed by atoms with Gasteiger partial charge in [-0.2, -0.15) is 0 Å². The number of rotatable bonds is 10. The van der Waals surface area contributed by atoms with Crippen molar-refractivity contribution >= 4 is 33.7 Å². The molecule has 0 saturated heterocycles. The van der Waals surface area contributed by atoms with Crippen LogP contribution in [0, 0.1) is 5.82 Å². The van der Waals surface area contributed by atoms with E-state index in [1.165, 1.54) is 42.5 Å². The summed E-state index contributed by atoms with van der Waals surface area (Å²) >= 11 is 0. The van der Waals surface area contributed by atoms with E-state index < -0.39 is 33.7 Å². The number of sulfonamides is 1. The lowest BCUT2D eigenvalue weighted by Crippen LogP contribution is -2.32. The SMILES string of the molecule is COC(=O)CNC(=O)c1ccc(C(=O)NS(=O)(=O)c2cccc(C(=O)NCCc3ccc(F)cc3)c2)cn1. The fourth-order valence-electron chi connectivity index (χ4n) is 3.10. The number of methoxy groups -OCH3 is 1. The molecule has 0 unspecified atom stereocenters. The molecule has 3 rings (SSSR count). The molecule has 11 nitrogen and oxygen atoms in total. The van der Waals surface area contributed by atoms with Crippen LogP contribution in [-0.2, 0) is 26.0 Å². The van der Waals surface area contributed by atoms with Crippen LogP contribution < -0.4 is 15.4 Å². The Morgan fingerprint density at radius 1 is 0.895 bits per heavy atom. The van der Waals surface area contributed by atoms with Crippen LogP contribution in [0.25, 0.3) is 0 Å². The second-order valence-electron chi connectivity index (χ2n) is 7.79. The summed E-state index contributed by atoms with van der Waals surface area (Å²) in [5, 5.41) is 4.94. The molecule has 0 saturated carbocycles. The molecule has 0 spiro atoms. The maximum absolute atomic E-state index is 13.0. The van der Waals surface area contributed by atoms with Crippen LogP contribution in [0.2, 0.25) is 0 Å². The predicted molar refractivity (Wildman–Crippen MR) is 132 cm³/mol. The number of nitrogens with one attached hydrogen (secondary N) is 3. The molecule has 0 radical (unpaired) electrons. The van der Waals surface area contributed by atoms with Gasteiger partial charge < -0.3 is 15.4 Å². The highest BCUT2D eigenvalue weighted by Crippen LogP contribution is 2.13. The predicted octanol–water partition coefficient (Wildman–Crippen LogP) is 1.21. The second-order valence-corrected chi connectivity index (χ2v) is 9.47. The number of esters is 1. The van der Waals surface area contributed by atoms with Gasteiger partial charge in [-0.25, -0.2) is 17.5 Å². The van der Waals surface area contributed by atoms with Crippen molar-refractivity contribution in [2.75, 3.05) is 20.2 Å². The zero-order valence-electron chi connectivity index (χ0n) is 20.1. The number of carbonyl (C=O) groups excluding carboxylic acids is 4. The molecule has 3 N–H and O–H groups in total. The van der Waals surface area contributed by atoms with Gasteiger partial charge in [0.2, 0.25) is 0 Å². The van der Waals surface area contributed by atoms with Crippen LogP contribution >= 0.6 is 0 Å². The number of halogens is 1. The molecule has 2 aromatic carbocycles. The summed E-state index contributed by atoms with van der Waals surface area (Å²) in [4.78, 5) is 51.5. The van der Waals surface area contributed by atoms with Crippen LogP contribution in [0.3, 0.4) is 0 Å². The molecule has 1 heterocycles. The topological polar surface area (TPSA) is 161 Å². The van der Waals surface area contributed by atoms with E-state index >= 15 is 0 Å². The number of pyridine rings is 1. The van der Waals surface area contributed by atoms with Crippen molar-refractivity contribution in [1.29, 1.82) is 0 Å². The average Bonchev–Trinajstić information content (AvgIpc) is 2.92. The smallest absolute Gasteiger partial charge is 0.325 e. The third-order valence-electron chi connectivity index (χ3n) is 5.13. The lowest BCUT2D eigenvalue weighted by molar-refractivity contribution is -0.139. The highest BCUT2D eigenvalue weighted by Gasteiger charge is 2.21. The summed E-state index contributed by atoms with van der Waals surface area (Å²) in [5.41, 5.74) is 0.623. The number of hydrogen-bond acceptors (Lipinski definition) is 8. The van der Waals surface area contributed by atoms with Gasteiger partial charge >= 0.3 is 5.97 Å². The van der Waals surface area contributed by atoms with Crippen molar-refractivity contribution in [2.45, 2.75) is 11.3 Å². The number of aromatic nitrogens is 1. The van der Waals surface area contributed by atoms with E-state index in [0.29, 0.717) is 6.42 Å². The van der Waals surface area contributed by atoms with Crippen LogP contribution in [-0.4, -0.2) is 57.3 Å². The first-order valence-electron chi connectivity index (χ1n) is 11.1. The van der Waals surface area contributed by atoms with Crippen LogP contribution in [0.1, 0.15) is 36.8 Å². The molecule has 13 heteroatoms. The van der Waals surface area contributed by atoms with Crippen molar-refractivity contribution in [3.05, 3.63) is 95.1 Å². The minimum Gasteiger partial charge on any atom is -0.468 e. The van der Waals surface area contributed by atoms with Gasteiger partial charge in [0.1, 0.15) is 18.1 Å². The Bertz CT molecular complexity index is 1440. The van der Waals surface area contributed by atoms with Crippen molar-refractivity contribution in [2.24, 2.45) is 0 Å². The summed E-state index contributed by atoms with van der Waals surface area (Å²) in [6.07, 6.45) is 1.45. The zero-order chi connectivity index (χ0) is 27.7. The number of benzene rings is 2. The molecular formula is C25H23FN4O7S. The van der Waals surface area contributed by atoms with E-state index in [2.05, 4.69) is 20.4 Å². The monoisotopic (exact) mass is 542 g/mol. The second kappa shape index (κ2) is 12.5. The Balaban J connectivity index is 1.60. The lowest BCUT2D eigenvalue weighted by Gasteiger charge is -2.10. The molecule has 0 bridgehead atoms. The Hall–Kier alpha value is -4.65. The van der Waals surface area contributed by atoms with Gasteiger partial charge in [0.25, 0.3) is 27.7 Å². The highest BCUT2D eigenvalue weighted by atomic mass is 32.2. The van der Waals surface area contributed by atoms with E-state index in [1.807, 2.05) is 4.72 Å². The summed E-state index contributed by atoms with van der Waals surface area (Å²) in [7, 11) is -3.19. The van der Waals surface area contributed by atoms with Crippen LogP contribution in [0.5, 0.6) is 0 Å². The summed E-state index contributed by atoms with van der Waals surface area (Å²) in [6, 6.07) is 13.3. The first kappa shape index (κ1) is 27.9. The normalized spacial score (nSPS) is 10.8. The quantitative estimate of drug-likeness (QED) is 0.322. The third kappa shape index (κ3) is 7.67. The van der Waals surface area contributed by atoms with Gasteiger partial charge in [-0.05, 0) is 54.4 Å². The van der Waals surface area contributed by atoms with E-state index in [1.54, 1.807) is 12.1 Å². The third-order valence-corrected chi connectivity index (χ3v) is 6.45. The standard InChI is InChI=1S/C25H23FN4O7S/c1-37-22(31)15-29-25(34)21-10-7-18(14-28-21)24(33)30-38(35,36)20-4-2-3-17(13-20)23(32)27-12-11-16-5-8-19(26)9-6-16/h2-10,13-14H,11-12,15H2,1H3,(H,27,32)(H,29,34)(H,30,33). The number of ether oxygens (including phenoxy) is 1. The molecule has 0 fully saturated rings. The molecule has 0 aliphatic rings. The maximum Gasteiger partial charge on any atom is 0.325 e. The first-order valence-corrected chi connectivity index (χ1v) is 12.6. The van der Waals surface area contributed by atoms with Crippen LogP contribution in [0.15, 0.2) is 71.8 Å². The minimum absolute atomic E-state index is 0.0587. The average molecular weight is 543 g/mol. The van der Waals surface area contributed by atoms with E-state index in [9.17, 15) is 32.0 Å². The Kier molecular flexibility index (Phi) is 9.22. The maximum atomic E-state index is 13.0. The Morgan fingerprint density at radius 2 is 1.63 bits per heavy atom. The van der Waals surface area contributed by atoms with Crippen molar-refractivity contribution in [3.8, 4) is 0 Å². The first-order chi connectivity index (χ1) is 18.1. The Labute approximate surface area is 217 Å².